The average molecular weight is 440 g/mol. The van der Waals surface area contributed by atoms with Gasteiger partial charge in [0.1, 0.15) is 17.0 Å². The van der Waals surface area contributed by atoms with Gasteiger partial charge in [0.15, 0.2) is 0 Å². The standard InChI is InChI=1S/C26H33NO3S/c1-25(2,3)30-24(28)27-14-12-26(13-15-27)11-10-22-17-21(8-9-23(22)29-26)20-7-5-6-19(16-20)18-31-4/h5-9,16-17H,10-15,18H2,1-4H3. The lowest BCUT2D eigenvalue weighted by atomic mass is 9.82. The second kappa shape index (κ2) is 8.78. The van der Waals surface area contributed by atoms with Gasteiger partial charge in [-0.1, -0.05) is 30.3 Å². The van der Waals surface area contributed by atoms with Gasteiger partial charge in [0.05, 0.1) is 0 Å². The zero-order valence-electron chi connectivity index (χ0n) is 19.1. The smallest absolute Gasteiger partial charge is 0.410 e. The summed E-state index contributed by atoms with van der Waals surface area (Å²) in [6, 6.07) is 15.4. The van der Waals surface area contributed by atoms with E-state index in [1.807, 2.05) is 37.4 Å². The molecule has 1 fully saturated rings. The van der Waals surface area contributed by atoms with Crippen LogP contribution in [0.2, 0.25) is 0 Å². The summed E-state index contributed by atoms with van der Waals surface area (Å²) >= 11 is 1.85. The number of fused-ring (bicyclic) bond motifs is 1. The van der Waals surface area contributed by atoms with Crippen LogP contribution in [0.3, 0.4) is 0 Å². The molecule has 1 amide bonds. The topological polar surface area (TPSA) is 38.8 Å². The zero-order chi connectivity index (χ0) is 22.1. The molecule has 0 saturated carbocycles. The fraction of sp³-hybridized carbons (Fsp3) is 0.500. The monoisotopic (exact) mass is 439 g/mol. The van der Waals surface area contributed by atoms with Crippen molar-refractivity contribution in [3.63, 3.8) is 0 Å². The predicted octanol–water partition coefficient (Wildman–Crippen LogP) is 6.31. The van der Waals surface area contributed by atoms with Crippen LogP contribution >= 0.6 is 11.8 Å². The number of thioether (sulfide) groups is 1. The molecule has 2 aliphatic heterocycles. The summed E-state index contributed by atoms with van der Waals surface area (Å²) in [5.41, 5.74) is 4.54. The number of carbonyl (C=O) groups excluding carboxylic acids is 1. The van der Waals surface area contributed by atoms with Crippen LogP contribution in [0.5, 0.6) is 5.75 Å². The highest BCUT2D eigenvalue weighted by Gasteiger charge is 2.41. The summed E-state index contributed by atoms with van der Waals surface area (Å²) < 4.78 is 12.1. The molecule has 2 aliphatic rings. The molecule has 4 nitrogen and oxygen atoms in total. The summed E-state index contributed by atoms with van der Waals surface area (Å²) in [6.07, 6.45) is 5.63. The summed E-state index contributed by atoms with van der Waals surface area (Å²) in [5.74, 6) is 2.03. The van der Waals surface area contributed by atoms with Gasteiger partial charge in [-0.3, -0.25) is 0 Å². The molecule has 0 atom stereocenters. The van der Waals surface area contributed by atoms with Crippen molar-refractivity contribution in [2.45, 2.75) is 63.4 Å². The highest BCUT2D eigenvalue weighted by molar-refractivity contribution is 7.97. The number of amides is 1. The van der Waals surface area contributed by atoms with E-state index in [4.69, 9.17) is 9.47 Å². The first-order chi connectivity index (χ1) is 14.8. The Morgan fingerprint density at radius 1 is 1.10 bits per heavy atom. The molecule has 0 bridgehead atoms. The Hall–Kier alpha value is -2.14. The number of rotatable bonds is 3. The van der Waals surface area contributed by atoms with E-state index in [1.54, 1.807) is 0 Å². The first kappa shape index (κ1) is 22.1. The molecule has 4 rings (SSSR count). The largest absolute Gasteiger partial charge is 0.487 e. The van der Waals surface area contributed by atoms with E-state index in [0.29, 0.717) is 13.1 Å². The molecular weight excluding hydrogens is 406 g/mol. The van der Waals surface area contributed by atoms with Crippen LogP contribution in [-0.4, -0.2) is 41.5 Å². The minimum absolute atomic E-state index is 0.161. The first-order valence-electron chi connectivity index (χ1n) is 11.2. The first-order valence-corrected chi connectivity index (χ1v) is 12.5. The van der Waals surface area contributed by atoms with E-state index in [2.05, 4.69) is 48.7 Å². The quantitative estimate of drug-likeness (QED) is 0.562. The Morgan fingerprint density at radius 2 is 1.84 bits per heavy atom. The van der Waals surface area contributed by atoms with Crippen molar-refractivity contribution in [3.05, 3.63) is 53.6 Å². The number of benzene rings is 2. The summed E-state index contributed by atoms with van der Waals surface area (Å²) in [4.78, 5) is 14.2. The molecule has 2 aromatic carbocycles. The van der Waals surface area contributed by atoms with Crippen LogP contribution in [0.1, 0.15) is 51.2 Å². The number of nitrogens with zero attached hydrogens (tertiary/aromatic N) is 1. The maximum absolute atomic E-state index is 12.4. The van der Waals surface area contributed by atoms with Gasteiger partial charge in [-0.25, -0.2) is 4.79 Å². The van der Waals surface area contributed by atoms with Gasteiger partial charge in [0, 0.05) is 31.7 Å². The summed E-state index contributed by atoms with van der Waals surface area (Å²) in [5, 5.41) is 0. The van der Waals surface area contributed by atoms with E-state index in [0.717, 1.165) is 37.2 Å². The highest BCUT2D eigenvalue weighted by Crippen LogP contribution is 2.41. The minimum atomic E-state index is -0.459. The van der Waals surface area contributed by atoms with Gasteiger partial charge in [-0.2, -0.15) is 11.8 Å². The second-order valence-corrected chi connectivity index (χ2v) is 10.6. The fourth-order valence-corrected chi connectivity index (χ4v) is 5.00. The Labute approximate surface area is 190 Å². The van der Waals surface area contributed by atoms with Gasteiger partial charge in [-0.05, 0) is 74.3 Å². The number of hydrogen-bond acceptors (Lipinski definition) is 4. The molecule has 2 heterocycles. The van der Waals surface area contributed by atoms with E-state index in [-0.39, 0.29) is 11.7 Å². The molecule has 1 saturated heterocycles. The van der Waals surface area contributed by atoms with Crippen molar-refractivity contribution in [2.75, 3.05) is 19.3 Å². The van der Waals surface area contributed by atoms with Crippen LogP contribution in [-0.2, 0) is 16.9 Å². The zero-order valence-corrected chi connectivity index (χ0v) is 19.9. The average Bonchev–Trinajstić information content (AvgIpc) is 2.73. The van der Waals surface area contributed by atoms with Crippen LogP contribution in [0.15, 0.2) is 42.5 Å². The molecule has 166 valence electrons. The van der Waals surface area contributed by atoms with Crippen molar-refractivity contribution < 1.29 is 14.3 Å². The normalized spacial score (nSPS) is 17.7. The van der Waals surface area contributed by atoms with Gasteiger partial charge in [-0.15, -0.1) is 0 Å². The summed E-state index contributed by atoms with van der Waals surface area (Å²) in [7, 11) is 0. The van der Waals surface area contributed by atoms with Gasteiger partial charge in [0.25, 0.3) is 0 Å². The maximum atomic E-state index is 12.4. The number of aryl methyl sites for hydroxylation is 1. The van der Waals surface area contributed by atoms with Crippen LogP contribution < -0.4 is 4.74 Å². The molecule has 0 aromatic heterocycles. The molecule has 0 unspecified atom stereocenters. The third-order valence-electron chi connectivity index (χ3n) is 6.13. The lowest BCUT2D eigenvalue weighted by Crippen LogP contribution is -2.52. The molecule has 0 N–H and O–H groups in total. The molecule has 2 aromatic rings. The highest BCUT2D eigenvalue weighted by atomic mass is 32.2. The van der Waals surface area contributed by atoms with Crippen LogP contribution in [0.4, 0.5) is 4.79 Å². The lowest BCUT2D eigenvalue weighted by molar-refractivity contribution is -0.0272. The Bertz CT molecular complexity index is 942. The minimum Gasteiger partial charge on any atom is -0.487 e. The van der Waals surface area contributed by atoms with Gasteiger partial charge in [0.2, 0.25) is 0 Å². The molecule has 0 aliphatic carbocycles. The SMILES string of the molecule is CSCc1cccc(-c2ccc3c(c2)CCC2(CCN(C(=O)OC(C)(C)C)CC2)O3)c1. The van der Waals surface area contributed by atoms with Crippen molar-refractivity contribution in [3.8, 4) is 16.9 Å². The molecule has 5 heteroatoms. The van der Waals surface area contributed by atoms with Crippen LogP contribution in [0, 0.1) is 0 Å². The van der Waals surface area contributed by atoms with Crippen molar-refractivity contribution >= 4 is 17.9 Å². The maximum Gasteiger partial charge on any atom is 0.410 e. The van der Waals surface area contributed by atoms with Crippen molar-refractivity contribution in [1.29, 1.82) is 0 Å². The third-order valence-corrected chi connectivity index (χ3v) is 6.76. The van der Waals surface area contributed by atoms with E-state index < -0.39 is 5.60 Å². The van der Waals surface area contributed by atoms with E-state index in [1.165, 1.54) is 22.3 Å². The number of ether oxygens (including phenoxy) is 2. The molecule has 31 heavy (non-hydrogen) atoms. The number of likely N-dealkylation sites (tertiary alicyclic amines) is 1. The third kappa shape index (κ3) is 5.20. The van der Waals surface area contributed by atoms with E-state index >= 15 is 0 Å². The molecule has 1 spiro atoms. The lowest BCUT2D eigenvalue weighted by Gasteiger charge is -2.44. The second-order valence-electron chi connectivity index (χ2n) is 9.71. The Morgan fingerprint density at radius 3 is 2.55 bits per heavy atom. The molecular formula is C26H33NO3S. The van der Waals surface area contributed by atoms with E-state index in [9.17, 15) is 4.79 Å². The van der Waals surface area contributed by atoms with Crippen molar-refractivity contribution in [2.24, 2.45) is 0 Å². The number of hydrogen-bond donors (Lipinski definition) is 0. The van der Waals surface area contributed by atoms with Crippen molar-refractivity contribution in [1.82, 2.24) is 4.90 Å². The number of piperidine rings is 1. The Balaban J connectivity index is 1.43. The van der Waals surface area contributed by atoms with Gasteiger partial charge < -0.3 is 14.4 Å². The fourth-order valence-electron chi connectivity index (χ4n) is 4.48. The Kier molecular flexibility index (Phi) is 6.25. The van der Waals surface area contributed by atoms with Gasteiger partial charge >= 0.3 is 6.09 Å². The predicted molar refractivity (Wildman–Crippen MR) is 128 cm³/mol. The number of carbonyl (C=O) groups is 1. The summed E-state index contributed by atoms with van der Waals surface area (Å²) in [6.45, 7) is 7.09. The molecule has 0 radical (unpaired) electrons. The van der Waals surface area contributed by atoms with Crippen LogP contribution in [0.25, 0.3) is 11.1 Å².